The molecule has 1 aliphatic rings. The first-order chi connectivity index (χ1) is 9.88. The van der Waals surface area contributed by atoms with Crippen LogP contribution in [0.25, 0.3) is 16.7 Å². The quantitative estimate of drug-likeness (QED) is 0.598. The molecule has 0 amide bonds. The molecule has 21 heavy (non-hydrogen) atoms. The van der Waals surface area contributed by atoms with Gasteiger partial charge in [-0.2, -0.15) is 0 Å². The van der Waals surface area contributed by atoms with Crippen molar-refractivity contribution in [2.45, 2.75) is 40.0 Å². The predicted octanol–water partition coefficient (Wildman–Crippen LogP) is 6.01. The lowest BCUT2D eigenvalue weighted by molar-refractivity contribution is 0.590. The van der Waals surface area contributed by atoms with Crippen LogP contribution in [-0.2, 0) is 5.41 Å². The van der Waals surface area contributed by atoms with E-state index in [1.807, 2.05) is 0 Å². The van der Waals surface area contributed by atoms with E-state index in [2.05, 4.69) is 83.5 Å². The van der Waals surface area contributed by atoms with E-state index in [-0.39, 0.29) is 5.41 Å². The Hall–Kier alpha value is -1.82. The third-order valence-corrected chi connectivity index (χ3v) is 4.50. The third kappa shape index (κ3) is 2.44. The maximum absolute atomic E-state index is 2.29. The number of fused-ring (bicyclic) bond motifs is 1. The highest BCUT2D eigenvalue weighted by Gasteiger charge is 2.20. The van der Waals surface area contributed by atoms with Crippen molar-refractivity contribution in [3.63, 3.8) is 0 Å². The molecule has 2 aromatic rings. The Balaban J connectivity index is 2.09. The topological polar surface area (TPSA) is 0 Å². The number of rotatable bonds is 1. The molecule has 0 N–H and O–H groups in total. The van der Waals surface area contributed by atoms with Gasteiger partial charge in [0.25, 0.3) is 0 Å². The van der Waals surface area contributed by atoms with Gasteiger partial charge in [-0.1, -0.05) is 68.8 Å². The fourth-order valence-corrected chi connectivity index (χ4v) is 3.04. The van der Waals surface area contributed by atoms with Crippen molar-refractivity contribution < 1.29 is 0 Å². The minimum Gasteiger partial charge on any atom is -0.0613 e. The van der Waals surface area contributed by atoms with Gasteiger partial charge in [-0.3, -0.25) is 0 Å². The first-order valence-corrected chi connectivity index (χ1v) is 7.64. The van der Waals surface area contributed by atoms with Crippen molar-refractivity contribution >= 4 is 5.57 Å². The minimum atomic E-state index is 0.206. The molecular weight excluding hydrogens is 252 g/mol. The molecule has 0 saturated heterocycles. The van der Waals surface area contributed by atoms with Crippen molar-refractivity contribution in [1.29, 1.82) is 0 Å². The molecule has 0 saturated carbocycles. The zero-order valence-electron chi connectivity index (χ0n) is 13.6. The second-order valence-corrected chi connectivity index (χ2v) is 7.05. The third-order valence-electron chi connectivity index (χ3n) is 4.50. The zero-order valence-corrected chi connectivity index (χ0v) is 13.6. The highest BCUT2D eigenvalue weighted by Crippen LogP contribution is 2.40. The van der Waals surface area contributed by atoms with Crippen LogP contribution < -0.4 is 0 Å². The Kier molecular flexibility index (Phi) is 3.28. The highest BCUT2D eigenvalue weighted by molar-refractivity contribution is 5.89. The summed E-state index contributed by atoms with van der Waals surface area (Å²) < 4.78 is 0. The van der Waals surface area contributed by atoms with Crippen LogP contribution in [0.3, 0.4) is 0 Å². The lowest BCUT2D eigenvalue weighted by Gasteiger charge is -2.19. The first-order valence-electron chi connectivity index (χ1n) is 7.64. The molecule has 0 unspecified atom stereocenters. The van der Waals surface area contributed by atoms with E-state index in [0.29, 0.717) is 0 Å². The van der Waals surface area contributed by atoms with E-state index in [4.69, 9.17) is 0 Å². The summed E-state index contributed by atoms with van der Waals surface area (Å²) in [5.74, 6) is 0. The summed E-state index contributed by atoms with van der Waals surface area (Å²) in [7, 11) is 0. The predicted molar refractivity (Wildman–Crippen MR) is 92.2 cm³/mol. The lowest BCUT2D eigenvalue weighted by atomic mass is 9.85. The molecule has 0 aliphatic heterocycles. The van der Waals surface area contributed by atoms with Crippen molar-refractivity contribution in [2.24, 2.45) is 0 Å². The summed E-state index contributed by atoms with van der Waals surface area (Å²) in [6, 6.07) is 15.7. The summed E-state index contributed by atoms with van der Waals surface area (Å²) in [5, 5.41) is 0. The van der Waals surface area contributed by atoms with E-state index >= 15 is 0 Å². The van der Waals surface area contributed by atoms with Crippen LogP contribution in [0.4, 0.5) is 0 Å². The Morgan fingerprint density at radius 1 is 0.810 bits per heavy atom. The maximum Gasteiger partial charge on any atom is 0.0164 e. The van der Waals surface area contributed by atoms with Gasteiger partial charge in [-0.15, -0.1) is 0 Å². The van der Waals surface area contributed by atoms with Crippen molar-refractivity contribution in [2.75, 3.05) is 0 Å². The fraction of sp³-hybridized carbons (Fsp3) is 0.286. The summed E-state index contributed by atoms with van der Waals surface area (Å²) in [5.41, 5.74) is 9.78. The average molecular weight is 275 g/mol. The molecule has 1 radical (unpaired) electrons. The second kappa shape index (κ2) is 4.87. The van der Waals surface area contributed by atoms with Gasteiger partial charge in [0.05, 0.1) is 0 Å². The summed E-state index contributed by atoms with van der Waals surface area (Å²) in [4.78, 5) is 0. The van der Waals surface area contributed by atoms with E-state index in [9.17, 15) is 0 Å². The van der Waals surface area contributed by atoms with Crippen molar-refractivity contribution in [1.82, 2.24) is 0 Å². The van der Waals surface area contributed by atoms with E-state index in [0.717, 1.165) is 0 Å². The Labute approximate surface area is 128 Å². The summed E-state index contributed by atoms with van der Waals surface area (Å²) >= 11 is 0. The van der Waals surface area contributed by atoms with Crippen LogP contribution in [0.2, 0.25) is 0 Å². The first kappa shape index (κ1) is 14.1. The molecule has 2 aromatic carbocycles. The standard InChI is InChI=1S/C21H23/c1-14-13-17-7-6-8-19(20(17)15(14)2)16-9-11-18(12-10-16)21(3,4)5/h6-13H,1-5H3. The molecule has 0 heteroatoms. The Morgan fingerprint density at radius 2 is 1.48 bits per heavy atom. The molecule has 1 aliphatic carbocycles. The Bertz CT molecular complexity index is 707. The van der Waals surface area contributed by atoms with E-state index < -0.39 is 0 Å². The van der Waals surface area contributed by atoms with Crippen molar-refractivity contribution in [3.8, 4) is 11.1 Å². The average Bonchev–Trinajstić information content (AvgIpc) is 2.73. The molecule has 0 spiro atoms. The van der Waals surface area contributed by atoms with Gasteiger partial charge in [0.1, 0.15) is 0 Å². The zero-order chi connectivity index (χ0) is 15.2. The van der Waals surface area contributed by atoms with Gasteiger partial charge in [0, 0.05) is 6.42 Å². The monoisotopic (exact) mass is 275 g/mol. The van der Waals surface area contributed by atoms with Crippen LogP contribution in [0.15, 0.2) is 48.0 Å². The summed E-state index contributed by atoms with van der Waals surface area (Å²) in [6.07, 6.45) is 2.29. The molecule has 3 rings (SSSR count). The lowest BCUT2D eigenvalue weighted by Crippen LogP contribution is -2.10. The van der Waals surface area contributed by atoms with Gasteiger partial charge in [-0.05, 0) is 52.7 Å². The second-order valence-electron chi connectivity index (χ2n) is 7.05. The normalized spacial score (nSPS) is 14.5. The van der Waals surface area contributed by atoms with Gasteiger partial charge in [0.15, 0.2) is 0 Å². The Morgan fingerprint density at radius 3 is 2.10 bits per heavy atom. The minimum absolute atomic E-state index is 0.206. The number of hydrogen-bond donors (Lipinski definition) is 0. The fourth-order valence-electron chi connectivity index (χ4n) is 3.04. The SMILES string of the molecule is CC1=C(C)c2c(cccc2-c2ccc(C(C)(C)C)cc2)[CH]1. The molecule has 0 bridgehead atoms. The smallest absolute Gasteiger partial charge is 0.0164 e. The molecule has 0 heterocycles. The highest BCUT2D eigenvalue weighted by atomic mass is 14.2. The number of benzene rings is 2. The molecule has 107 valence electrons. The number of allylic oxidation sites excluding steroid dienone is 2. The maximum atomic E-state index is 2.29. The van der Waals surface area contributed by atoms with Gasteiger partial charge in [-0.25, -0.2) is 0 Å². The van der Waals surface area contributed by atoms with Crippen LogP contribution >= 0.6 is 0 Å². The molecular formula is C21H23. The van der Waals surface area contributed by atoms with Crippen molar-refractivity contribution in [3.05, 3.63) is 71.1 Å². The largest absolute Gasteiger partial charge is 0.0613 e. The van der Waals surface area contributed by atoms with Gasteiger partial charge >= 0.3 is 0 Å². The molecule has 0 fully saturated rings. The molecule has 0 nitrogen and oxygen atoms in total. The van der Waals surface area contributed by atoms with E-state index in [1.54, 1.807) is 0 Å². The van der Waals surface area contributed by atoms with Crippen LogP contribution in [0.5, 0.6) is 0 Å². The van der Waals surface area contributed by atoms with Crippen LogP contribution in [0.1, 0.15) is 51.3 Å². The molecule has 0 atom stereocenters. The van der Waals surface area contributed by atoms with Crippen LogP contribution in [-0.4, -0.2) is 0 Å². The van der Waals surface area contributed by atoms with Crippen LogP contribution in [0, 0.1) is 6.42 Å². The van der Waals surface area contributed by atoms with Gasteiger partial charge < -0.3 is 0 Å². The van der Waals surface area contributed by atoms with E-state index in [1.165, 1.54) is 39.0 Å². The summed E-state index contributed by atoms with van der Waals surface area (Å²) in [6.45, 7) is 11.2. The molecule has 0 aromatic heterocycles. The number of hydrogen-bond acceptors (Lipinski definition) is 0. The van der Waals surface area contributed by atoms with Gasteiger partial charge in [0.2, 0.25) is 0 Å².